The van der Waals surface area contributed by atoms with Crippen molar-refractivity contribution in [3.05, 3.63) is 38.8 Å². The van der Waals surface area contributed by atoms with Crippen LogP contribution in [0.1, 0.15) is 0 Å². The van der Waals surface area contributed by atoms with E-state index in [1.807, 2.05) is 0 Å². The monoisotopic (exact) mass is 467 g/mol. The number of nitro groups is 1. The molecule has 14 heteroatoms. The minimum Gasteiger partial charge on any atom is -0.395 e. The van der Waals surface area contributed by atoms with Crippen LogP contribution < -0.4 is 5.32 Å². The maximum atomic E-state index is 11.2. The van der Waals surface area contributed by atoms with E-state index < -0.39 is 29.3 Å². The lowest BCUT2D eigenvalue weighted by Gasteiger charge is -2.43. The summed E-state index contributed by atoms with van der Waals surface area (Å²) in [5.74, 6) is 0. The molecule has 14 nitrogen and oxygen atoms in total. The predicted octanol–water partition coefficient (Wildman–Crippen LogP) is -0.592. The number of aliphatic hydroxyl groups excluding tert-OH is 4. The molecule has 33 heavy (non-hydrogen) atoms. The summed E-state index contributed by atoms with van der Waals surface area (Å²) in [7, 11) is 0. The largest absolute Gasteiger partial charge is 0.395 e. The van der Waals surface area contributed by atoms with Gasteiger partial charge in [0.05, 0.1) is 36.4 Å². The van der Waals surface area contributed by atoms with E-state index in [0.29, 0.717) is 45.0 Å². The molecule has 2 fully saturated rings. The fourth-order valence-electron chi connectivity index (χ4n) is 4.07. The van der Waals surface area contributed by atoms with Crippen LogP contribution in [0.15, 0.2) is 23.3 Å². The number of azide groups is 1. The van der Waals surface area contributed by atoms with Gasteiger partial charge in [0.25, 0.3) is 5.69 Å². The van der Waals surface area contributed by atoms with E-state index in [4.69, 9.17) is 10.3 Å². The summed E-state index contributed by atoms with van der Waals surface area (Å²) in [6.45, 7) is 3.11. The Bertz CT molecular complexity index is 863. The van der Waals surface area contributed by atoms with Crippen LogP contribution in [0.4, 0.5) is 17.1 Å². The molecule has 182 valence electrons. The fourth-order valence-corrected chi connectivity index (χ4v) is 4.07. The second-order valence-electron chi connectivity index (χ2n) is 8.12. The number of piperidine rings is 1. The molecular formula is C19H29N7O7. The number of benzene rings is 1. The van der Waals surface area contributed by atoms with Crippen LogP contribution in [0.5, 0.6) is 0 Å². The number of hydrogen-bond donors (Lipinski definition) is 5. The molecule has 3 rings (SSSR count). The number of nitrogens with one attached hydrogen (secondary N) is 1. The van der Waals surface area contributed by atoms with Crippen molar-refractivity contribution < 1.29 is 30.1 Å². The topological polar surface area (TPSA) is 201 Å². The van der Waals surface area contributed by atoms with E-state index in [2.05, 4.69) is 20.2 Å². The molecule has 2 aliphatic heterocycles. The van der Waals surface area contributed by atoms with Crippen LogP contribution in [0.2, 0.25) is 0 Å². The molecule has 0 radical (unpaired) electrons. The average Bonchev–Trinajstić information content (AvgIpc) is 2.76. The number of nitro benzene ring substituents is 1. The molecule has 0 aliphatic carbocycles. The third-order valence-corrected chi connectivity index (χ3v) is 5.95. The van der Waals surface area contributed by atoms with Crippen molar-refractivity contribution >= 4 is 17.1 Å². The Kier molecular flexibility index (Phi) is 8.77. The summed E-state index contributed by atoms with van der Waals surface area (Å²) in [5, 5.41) is 56.7. The maximum absolute atomic E-state index is 11.2. The molecule has 2 aliphatic rings. The zero-order valence-electron chi connectivity index (χ0n) is 18.0. The molecule has 2 saturated heterocycles. The lowest BCUT2D eigenvalue weighted by Crippen LogP contribution is -2.63. The molecule has 0 unspecified atom stereocenters. The Hall–Kier alpha value is -2.55. The lowest BCUT2D eigenvalue weighted by molar-refractivity contribution is -0.383. The van der Waals surface area contributed by atoms with Crippen molar-refractivity contribution in [2.45, 2.75) is 30.5 Å². The second kappa shape index (κ2) is 11.5. The van der Waals surface area contributed by atoms with Crippen LogP contribution in [0.25, 0.3) is 10.4 Å². The van der Waals surface area contributed by atoms with Crippen LogP contribution in [-0.4, -0.2) is 118 Å². The molecule has 0 aromatic heterocycles. The van der Waals surface area contributed by atoms with Gasteiger partial charge >= 0.3 is 0 Å². The van der Waals surface area contributed by atoms with Crippen molar-refractivity contribution in [2.75, 3.05) is 57.8 Å². The number of aliphatic hydroxyl groups is 4. The average molecular weight is 467 g/mol. The van der Waals surface area contributed by atoms with Gasteiger partial charge in [-0.15, -0.1) is 0 Å². The summed E-state index contributed by atoms with van der Waals surface area (Å²) in [5.41, 5.74) is 8.83. The molecule has 4 atom stereocenters. The first-order chi connectivity index (χ1) is 15.8. The molecule has 2 heterocycles. The molecule has 0 bridgehead atoms. The number of rotatable bonds is 11. The lowest BCUT2D eigenvalue weighted by atomic mass is 9.94. The van der Waals surface area contributed by atoms with Gasteiger partial charge in [-0.25, -0.2) is 0 Å². The van der Waals surface area contributed by atoms with Crippen LogP contribution in [-0.2, 0) is 4.74 Å². The van der Waals surface area contributed by atoms with Gasteiger partial charge in [-0.05, 0) is 11.6 Å². The molecule has 0 amide bonds. The first-order valence-corrected chi connectivity index (χ1v) is 10.6. The number of hydrogen-bond acceptors (Lipinski definition) is 11. The Balaban J connectivity index is 1.36. The maximum Gasteiger partial charge on any atom is 0.292 e. The van der Waals surface area contributed by atoms with Gasteiger partial charge < -0.3 is 30.5 Å². The standard InChI is InChI=1S/C19H29N7O7/c20-23-22-12-1-2-14(15(7-12)26(31)32)21-3-4-24-8-13(9-24)33-6-5-25-10-17(28)19(30)18(29)16(25)11-27/h1-2,7,13,16-19,21,27-30H,3-6,8-11H2/t16-,17+,18-,19-/m1/s1. The number of nitrogens with zero attached hydrogens (tertiary/aromatic N) is 6. The van der Waals surface area contributed by atoms with E-state index in [1.165, 1.54) is 18.2 Å². The number of likely N-dealkylation sites (tertiary alicyclic amines) is 2. The molecular weight excluding hydrogens is 438 g/mol. The zero-order valence-corrected chi connectivity index (χ0v) is 18.0. The quantitative estimate of drug-likeness (QED) is 0.0920. The van der Waals surface area contributed by atoms with Gasteiger partial charge in [0.1, 0.15) is 17.9 Å². The van der Waals surface area contributed by atoms with E-state index in [0.717, 1.165) is 0 Å². The highest BCUT2D eigenvalue weighted by Gasteiger charge is 2.40. The Morgan fingerprint density at radius 3 is 2.67 bits per heavy atom. The van der Waals surface area contributed by atoms with E-state index >= 15 is 0 Å². The van der Waals surface area contributed by atoms with Crippen LogP contribution in [0.3, 0.4) is 0 Å². The first-order valence-electron chi connectivity index (χ1n) is 10.6. The molecule has 0 spiro atoms. The molecule has 1 aromatic rings. The Labute approximate surface area is 189 Å². The van der Waals surface area contributed by atoms with Crippen molar-refractivity contribution in [1.29, 1.82) is 0 Å². The van der Waals surface area contributed by atoms with Crippen LogP contribution in [0, 0.1) is 10.1 Å². The number of ether oxygens (including phenoxy) is 1. The number of β-amino-alcohol motifs (C(OH)–C–C–N with tert-alkyl or cyclic N) is 1. The van der Waals surface area contributed by atoms with Gasteiger partial charge in [-0.2, -0.15) is 0 Å². The van der Waals surface area contributed by atoms with Gasteiger partial charge in [0.15, 0.2) is 0 Å². The van der Waals surface area contributed by atoms with Crippen molar-refractivity contribution in [2.24, 2.45) is 5.11 Å². The van der Waals surface area contributed by atoms with Crippen molar-refractivity contribution in [3.63, 3.8) is 0 Å². The summed E-state index contributed by atoms with van der Waals surface area (Å²) in [4.78, 5) is 17.2. The second-order valence-corrected chi connectivity index (χ2v) is 8.12. The molecule has 5 N–H and O–H groups in total. The smallest absolute Gasteiger partial charge is 0.292 e. The summed E-state index contributed by atoms with van der Waals surface area (Å²) >= 11 is 0. The summed E-state index contributed by atoms with van der Waals surface area (Å²) in [6.07, 6.45) is -3.56. The normalized spacial score (nSPS) is 26.4. The Morgan fingerprint density at radius 1 is 1.24 bits per heavy atom. The third kappa shape index (κ3) is 6.28. The number of anilines is 1. The van der Waals surface area contributed by atoms with Crippen LogP contribution >= 0.6 is 0 Å². The van der Waals surface area contributed by atoms with Gasteiger partial charge in [-0.3, -0.25) is 19.9 Å². The van der Waals surface area contributed by atoms with E-state index in [-0.39, 0.29) is 30.6 Å². The van der Waals surface area contributed by atoms with Crippen molar-refractivity contribution in [3.8, 4) is 0 Å². The molecule has 1 aromatic carbocycles. The minimum atomic E-state index is -1.28. The van der Waals surface area contributed by atoms with Gasteiger partial charge in [-0.1, -0.05) is 11.2 Å². The summed E-state index contributed by atoms with van der Waals surface area (Å²) < 4.78 is 5.81. The summed E-state index contributed by atoms with van der Waals surface area (Å²) in [6, 6.07) is 3.58. The van der Waals surface area contributed by atoms with Gasteiger partial charge in [0, 0.05) is 55.9 Å². The van der Waals surface area contributed by atoms with Gasteiger partial charge in [0.2, 0.25) is 0 Å². The van der Waals surface area contributed by atoms with E-state index in [9.17, 15) is 30.5 Å². The predicted molar refractivity (Wildman–Crippen MR) is 117 cm³/mol. The zero-order chi connectivity index (χ0) is 24.0. The molecule has 0 saturated carbocycles. The highest BCUT2D eigenvalue weighted by molar-refractivity contribution is 5.66. The highest BCUT2D eigenvalue weighted by Crippen LogP contribution is 2.29. The fraction of sp³-hybridized carbons (Fsp3) is 0.684. The minimum absolute atomic E-state index is 0.0280. The van der Waals surface area contributed by atoms with Crippen molar-refractivity contribution in [1.82, 2.24) is 9.80 Å². The SMILES string of the molecule is [N-]=[N+]=Nc1ccc(NCCN2CC(OCCN3C[C@H](O)[C@@H](O)[C@H](O)[C@H]3CO)C2)c([N+](=O)[O-])c1. The van der Waals surface area contributed by atoms with E-state index in [1.54, 1.807) is 4.90 Å². The third-order valence-electron chi connectivity index (χ3n) is 5.95. The highest BCUT2D eigenvalue weighted by atomic mass is 16.6. The Morgan fingerprint density at radius 2 is 2.00 bits per heavy atom. The first kappa shape index (κ1) is 25.1.